The molecule has 176 valence electrons. The monoisotopic (exact) mass is 458 g/mol. The lowest BCUT2D eigenvalue weighted by Crippen LogP contribution is -2.37. The Morgan fingerprint density at radius 1 is 1.09 bits per heavy atom. The highest BCUT2D eigenvalue weighted by Gasteiger charge is 2.37. The number of nitrogens with zero attached hydrogens (tertiary/aromatic N) is 4. The number of amides is 2. The number of aromatic nitrogens is 2. The number of carbonyl (C=O) groups excluding carboxylic acids is 2. The van der Waals surface area contributed by atoms with Crippen molar-refractivity contribution in [2.45, 2.75) is 39.4 Å². The van der Waals surface area contributed by atoms with Crippen LogP contribution in [0.15, 0.2) is 54.6 Å². The fourth-order valence-corrected chi connectivity index (χ4v) is 4.82. The molecule has 3 heterocycles. The van der Waals surface area contributed by atoms with Crippen LogP contribution in [-0.2, 0) is 29.2 Å². The van der Waals surface area contributed by atoms with E-state index in [0.29, 0.717) is 26.2 Å². The van der Waals surface area contributed by atoms with Gasteiger partial charge in [0.25, 0.3) is 0 Å². The van der Waals surface area contributed by atoms with E-state index in [1.165, 1.54) is 5.56 Å². The number of benzene rings is 2. The minimum atomic E-state index is -0.284. The molecule has 2 amide bonds. The van der Waals surface area contributed by atoms with Crippen molar-refractivity contribution >= 4 is 11.8 Å². The van der Waals surface area contributed by atoms with Gasteiger partial charge < -0.3 is 14.5 Å². The van der Waals surface area contributed by atoms with Crippen molar-refractivity contribution in [1.29, 1.82) is 0 Å². The minimum Gasteiger partial charge on any atom is -0.497 e. The first-order chi connectivity index (χ1) is 16.5. The smallest absolute Gasteiger partial charge is 0.228 e. The zero-order valence-corrected chi connectivity index (χ0v) is 19.7. The predicted octanol–water partition coefficient (Wildman–Crippen LogP) is 3.65. The zero-order chi connectivity index (χ0) is 23.7. The Morgan fingerprint density at radius 2 is 1.85 bits per heavy atom. The van der Waals surface area contributed by atoms with Gasteiger partial charge in [-0.25, -0.2) is 0 Å². The zero-order valence-electron chi connectivity index (χ0n) is 19.7. The van der Waals surface area contributed by atoms with E-state index >= 15 is 0 Å². The van der Waals surface area contributed by atoms with Gasteiger partial charge in [-0.05, 0) is 49.2 Å². The third-order valence-electron chi connectivity index (χ3n) is 6.77. The molecule has 1 atom stereocenters. The number of ether oxygens (including phenoxy) is 1. The van der Waals surface area contributed by atoms with Crippen molar-refractivity contribution in [2.75, 3.05) is 20.2 Å². The topological polar surface area (TPSA) is 67.7 Å². The second-order valence-electron chi connectivity index (χ2n) is 9.25. The van der Waals surface area contributed by atoms with Gasteiger partial charge in [-0.2, -0.15) is 5.10 Å². The van der Waals surface area contributed by atoms with Crippen LogP contribution in [0.4, 0.5) is 0 Å². The Balaban J connectivity index is 1.26. The molecule has 5 rings (SSSR count). The molecule has 2 aliphatic rings. The standard InChI is InChI=1S/C27H30N4O3/c1-19-4-6-20(7-5-19)16-30-17-22(14-26(30)32)27(33)29-12-3-13-31-23(18-29)15-25(28-31)21-8-10-24(34-2)11-9-21/h4-11,15,22H,3,12-14,16-18H2,1-2H3. The summed E-state index contributed by atoms with van der Waals surface area (Å²) in [6.45, 7) is 5.07. The molecule has 0 radical (unpaired) electrons. The van der Waals surface area contributed by atoms with Crippen LogP contribution in [0.2, 0.25) is 0 Å². The third-order valence-corrected chi connectivity index (χ3v) is 6.77. The number of likely N-dealkylation sites (tertiary alicyclic amines) is 1. The van der Waals surface area contributed by atoms with Gasteiger partial charge in [0, 0.05) is 38.2 Å². The maximum Gasteiger partial charge on any atom is 0.228 e. The Bertz CT molecular complexity index is 1180. The quantitative estimate of drug-likeness (QED) is 0.585. The number of fused-ring (bicyclic) bond motifs is 1. The Morgan fingerprint density at radius 3 is 2.59 bits per heavy atom. The summed E-state index contributed by atoms with van der Waals surface area (Å²) in [7, 11) is 1.65. The number of hydrogen-bond acceptors (Lipinski definition) is 4. The number of rotatable bonds is 5. The van der Waals surface area contributed by atoms with Gasteiger partial charge in [-0.3, -0.25) is 14.3 Å². The van der Waals surface area contributed by atoms with E-state index in [0.717, 1.165) is 41.2 Å². The fraction of sp³-hybridized carbons (Fsp3) is 0.370. The molecule has 2 aliphatic heterocycles. The highest BCUT2D eigenvalue weighted by atomic mass is 16.5. The molecular formula is C27H30N4O3. The maximum atomic E-state index is 13.4. The van der Waals surface area contributed by atoms with E-state index in [-0.39, 0.29) is 24.2 Å². The van der Waals surface area contributed by atoms with E-state index in [9.17, 15) is 9.59 Å². The summed E-state index contributed by atoms with van der Waals surface area (Å²) in [6.07, 6.45) is 1.13. The minimum absolute atomic E-state index is 0.0561. The molecule has 0 N–H and O–H groups in total. The second-order valence-corrected chi connectivity index (χ2v) is 9.25. The first-order valence-electron chi connectivity index (χ1n) is 11.8. The highest BCUT2D eigenvalue weighted by Crippen LogP contribution is 2.27. The van der Waals surface area contributed by atoms with Crippen LogP contribution in [-0.4, -0.2) is 51.6 Å². The lowest BCUT2D eigenvalue weighted by Gasteiger charge is -2.23. The molecule has 0 aliphatic carbocycles. The van der Waals surface area contributed by atoms with Crippen molar-refractivity contribution in [2.24, 2.45) is 5.92 Å². The highest BCUT2D eigenvalue weighted by molar-refractivity contribution is 5.89. The van der Waals surface area contributed by atoms with Crippen molar-refractivity contribution in [1.82, 2.24) is 19.6 Å². The molecule has 7 nitrogen and oxygen atoms in total. The molecule has 34 heavy (non-hydrogen) atoms. The number of methoxy groups -OCH3 is 1. The third kappa shape index (κ3) is 4.55. The van der Waals surface area contributed by atoms with Crippen molar-refractivity contribution < 1.29 is 14.3 Å². The summed E-state index contributed by atoms with van der Waals surface area (Å²) in [4.78, 5) is 29.8. The Hall–Kier alpha value is -3.61. The molecule has 1 fully saturated rings. The largest absolute Gasteiger partial charge is 0.497 e. The molecular weight excluding hydrogens is 428 g/mol. The second kappa shape index (κ2) is 9.33. The lowest BCUT2D eigenvalue weighted by molar-refractivity contribution is -0.136. The van der Waals surface area contributed by atoms with E-state index in [4.69, 9.17) is 9.84 Å². The summed E-state index contributed by atoms with van der Waals surface area (Å²) in [5.74, 6) is 0.651. The van der Waals surface area contributed by atoms with Gasteiger partial charge in [0.2, 0.25) is 11.8 Å². The summed E-state index contributed by atoms with van der Waals surface area (Å²) in [5, 5.41) is 4.78. The van der Waals surface area contributed by atoms with Gasteiger partial charge in [0.15, 0.2) is 0 Å². The summed E-state index contributed by atoms with van der Waals surface area (Å²) in [5.41, 5.74) is 5.23. The van der Waals surface area contributed by atoms with Crippen LogP contribution in [0.25, 0.3) is 11.3 Å². The normalized spacial score (nSPS) is 18.1. The van der Waals surface area contributed by atoms with Gasteiger partial charge in [-0.1, -0.05) is 29.8 Å². The van der Waals surface area contributed by atoms with Crippen LogP contribution < -0.4 is 4.74 Å². The van der Waals surface area contributed by atoms with E-state index < -0.39 is 0 Å². The van der Waals surface area contributed by atoms with Crippen LogP contribution in [0.1, 0.15) is 29.7 Å². The summed E-state index contributed by atoms with van der Waals surface area (Å²) < 4.78 is 7.26. The van der Waals surface area contributed by atoms with E-state index in [1.807, 2.05) is 57.8 Å². The molecule has 2 aromatic carbocycles. The van der Waals surface area contributed by atoms with Crippen molar-refractivity contribution in [3.63, 3.8) is 0 Å². The molecule has 0 spiro atoms. The maximum absolute atomic E-state index is 13.4. The first kappa shape index (κ1) is 22.2. The number of hydrogen-bond donors (Lipinski definition) is 0. The molecule has 7 heteroatoms. The van der Waals surface area contributed by atoms with Gasteiger partial charge in [0.1, 0.15) is 5.75 Å². The van der Waals surface area contributed by atoms with Crippen molar-refractivity contribution in [3.05, 3.63) is 71.4 Å². The van der Waals surface area contributed by atoms with Crippen molar-refractivity contribution in [3.8, 4) is 17.0 Å². The average molecular weight is 459 g/mol. The SMILES string of the molecule is COc1ccc(-c2cc3n(n2)CCCN(C(=O)C2CC(=O)N(Cc4ccc(C)cc4)C2)C3)cc1. The molecule has 0 bridgehead atoms. The van der Waals surface area contributed by atoms with Crippen LogP contribution in [0, 0.1) is 12.8 Å². The van der Waals surface area contributed by atoms with E-state index in [1.54, 1.807) is 7.11 Å². The molecule has 1 aromatic heterocycles. The summed E-state index contributed by atoms with van der Waals surface area (Å²) >= 11 is 0. The first-order valence-corrected chi connectivity index (χ1v) is 11.8. The Labute approximate surface area is 199 Å². The van der Waals surface area contributed by atoms with Crippen LogP contribution >= 0.6 is 0 Å². The molecule has 1 unspecified atom stereocenters. The number of aryl methyl sites for hydroxylation is 2. The lowest BCUT2D eigenvalue weighted by atomic mass is 10.1. The van der Waals surface area contributed by atoms with E-state index in [2.05, 4.69) is 18.2 Å². The molecule has 0 saturated carbocycles. The van der Waals surface area contributed by atoms with Crippen LogP contribution in [0.3, 0.4) is 0 Å². The van der Waals surface area contributed by atoms with Gasteiger partial charge in [0.05, 0.1) is 31.0 Å². The van der Waals surface area contributed by atoms with Gasteiger partial charge >= 0.3 is 0 Å². The number of carbonyl (C=O) groups is 2. The van der Waals surface area contributed by atoms with Crippen LogP contribution in [0.5, 0.6) is 5.75 Å². The Kier molecular flexibility index (Phi) is 6.09. The molecule has 3 aromatic rings. The molecule has 1 saturated heterocycles. The summed E-state index contributed by atoms with van der Waals surface area (Å²) in [6, 6.07) is 18.1. The predicted molar refractivity (Wildman–Crippen MR) is 129 cm³/mol. The van der Waals surface area contributed by atoms with Gasteiger partial charge in [-0.15, -0.1) is 0 Å². The fourth-order valence-electron chi connectivity index (χ4n) is 4.82. The average Bonchev–Trinajstić information content (AvgIpc) is 3.36.